The molecule has 1 unspecified atom stereocenters. The third kappa shape index (κ3) is 1.07. The average Bonchev–Trinajstić information content (AvgIpc) is 2.71. The number of hydrogen-bond acceptors (Lipinski definition) is 4. The molecule has 2 aliphatic heterocycles. The average molecular weight is 229 g/mol. The van der Waals surface area contributed by atoms with Crippen LogP contribution in [-0.4, -0.2) is 16.2 Å². The van der Waals surface area contributed by atoms with Gasteiger partial charge in [0.25, 0.3) is 0 Å². The molecule has 2 aliphatic rings. The Balaban J connectivity index is 1.74. The monoisotopic (exact) mass is 229 g/mol. The first kappa shape index (κ1) is 9.18. The van der Waals surface area contributed by atoms with E-state index >= 15 is 0 Å². The van der Waals surface area contributed by atoms with Crippen molar-refractivity contribution >= 4 is 0 Å². The second-order valence-corrected chi connectivity index (χ2v) is 4.62. The molecule has 1 atom stereocenters. The molecule has 17 heavy (non-hydrogen) atoms. The van der Waals surface area contributed by atoms with Gasteiger partial charge in [0.1, 0.15) is 0 Å². The van der Waals surface area contributed by atoms with Gasteiger partial charge in [0.05, 0.1) is 12.6 Å². The lowest BCUT2D eigenvalue weighted by molar-refractivity contribution is 0.209. The van der Waals surface area contributed by atoms with Crippen molar-refractivity contribution in [3.05, 3.63) is 56.1 Å². The summed E-state index contributed by atoms with van der Waals surface area (Å²) in [6, 6.07) is 8.64. The van der Waals surface area contributed by atoms with E-state index in [4.69, 9.17) is 0 Å². The highest BCUT2D eigenvalue weighted by Crippen LogP contribution is 2.40. The molecule has 1 aromatic heterocycles. The number of benzene rings is 1. The highest BCUT2D eigenvalue weighted by molar-refractivity contribution is 5.36. The van der Waals surface area contributed by atoms with Crippen LogP contribution in [0.4, 0.5) is 0 Å². The van der Waals surface area contributed by atoms with Crippen molar-refractivity contribution in [1.29, 1.82) is 0 Å². The van der Waals surface area contributed by atoms with Crippen LogP contribution in [0.5, 0.6) is 0 Å². The van der Waals surface area contributed by atoms with E-state index in [-0.39, 0.29) is 11.1 Å². The lowest BCUT2D eigenvalue weighted by atomic mass is 10.0. The third-order valence-corrected chi connectivity index (χ3v) is 3.75. The molecule has 0 radical (unpaired) electrons. The van der Waals surface area contributed by atoms with Crippen molar-refractivity contribution in [2.24, 2.45) is 0 Å². The van der Waals surface area contributed by atoms with Gasteiger partial charge in [-0.05, 0) is 17.5 Å². The third-order valence-electron chi connectivity index (χ3n) is 3.75. The number of fused-ring (bicyclic) bond motifs is 3. The summed E-state index contributed by atoms with van der Waals surface area (Å²) in [6.45, 7) is 1.54. The summed E-state index contributed by atoms with van der Waals surface area (Å²) < 4.78 is 1.24. The number of rotatable bonds is 1. The lowest BCUT2D eigenvalue weighted by Crippen LogP contribution is -2.42. The summed E-state index contributed by atoms with van der Waals surface area (Å²) in [5.74, 6) is 0. The molecule has 0 spiro atoms. The molecule has 0 bridgehead atoms. The molecule has 1 fully saturated rings. The van der Waals surface area contributed by atoms with E-state index in [0.717, 1.165) is 19.5 Å². The highest BCUT2D eigenvalue weighted by Gasteiger charge is 2.42. The maximum Gasteiger partial charge on any atom is 0.341 e. The summed E-state index contributed by atoms with van der Waals surface area (Å²) in [5, 5.41) is 3.92. The Morgan fingerprint density at radius 3 is 2.65 bits per heavy atom. The van der Waals surface area contributed by atoms with E-state index in [1.807, 2.05) is 12.1 Å². The van der Waals surface area contributed by atoms with Gasteiger partial charge in [-0.25, -0.2) is 5.12 Å². The van der Waals surface area contributed by atoms with Crippen LogP contribution in [0.1, 0.15) is 23.6 Å². The fourth-order valence-corrected chi connectivity index (χ4v) is 2.91. The van der Waals surface area contributed by atoms with Crippen molar-refractivity contribution in [3.8, 4) is 0 Å². The SMILES string of the molecule is O=c1c(=O)n1N1CCC2c3ccccc3CN21. The molecule has 0 saturated carbocycles. The van der Waals surface area contributed by atoms with Gasteiger partial charge in [-0.2, -0.15) is 9.69 Å². The van der Waals surface area contributed by atoms with Crippen LogP contribution in [0, 0.1) is 0 Å². The minimum Gasteiger partial charge on any atom is -0.261 e. The number of nitrogens with zero attached hydrogens (tertiary/aromatic N) is 3. The fraction of sp³-hybridized carbons (Fsp3) is 0.333. The normalized spacial score (nSPS) is 23.3. The predicted molar refractivity (Wildman–Crippen MR) is 61.8 cm³/mol. The summed E-state index contributed by atoms with van der Waals surface area (Å²) in [6.07, 6.45) is 0.966. The molecule has 3 heterocycles. The molecule has 5 nitrogen and oxygen atoms in total. The van der Waals surface area contributed by atoms with E-state index in [2.05, 4.69) is 17.1 Å². The Bertz CT molecular complexity index is 643. The van der Waals surface area contributed by atoms with E-state index in [1.165, 1.54) is 15.8 Å². The maximum absolute atomic E-state index is 11.2. The Morgan fingerprint density at radius 2 is 1.88 bits per heavy atom. The minimum absolute atomic E-state index is 0.326. The van der Waals surface area contributed by atoms with Crippen LogP contribution in [0.15, 0.2) is 33.9 Å². The molecule has 0 N–H and O–H groups in total. The van der Waals surface area contributed by atoms with Crippen molar-refractivity contribution in [1.82, 2.24) is 9.69 Å². The molecule has 2 aromatic rings. The van der Waals surface area contributed by atoms with Crippen molar-refractivity contribution in [2.75, 3.05) is 11.7 Å². The van der Waals surface area contributed by atoms with Gasteiger partial charge in [0, 0.05) is 6.54 Å². The predicted octanol–water partition coefficient (Wildman–Crippen LogP) is -0.102. The first-order valence-corrected chi connectivity index (χ1v) is 5.77. The number of aromatic nitrogens is 1. The second-order valence-electron chi connectivity index (χ2n) is 4.62. The van der Waals surface area contributed by atoms with E-state index < -0.39 is 0 Å². The molecule has 5 heteroatoms. The zero-order valence-corrected chi connectivity index (χ0v) is 9.17. The largest absolute Gasteiger partial charge is 0.341 e. The van der Waals surface area contributed by atoms with Crippen molar-refractivity contribution < 1.29 is 0 Å². The minimum atomic E-state index is -0.387. The van der Waals surface area contributed by atoms with Gasteiger partial charge in [-0.1, -0.05) is 24.3 Å². The molecular weight excluding hydrogens is 218 g/mol. The molecule has 0 amide bonds. The fourth-order valence-electron chi connectivity index (χ4n) is 2.91. The van der Waals surface area contributed by atoms with Crippen molar-refractivity contribution in [3.63, 3.8) is 0 Å². The standard InChI is InChI=1S/C12H11N3O2/c16-11-12(17)15(11)14-6-5-10-9-4-2-1-3-8(9)7-13(10)14/h1-4,10H,5-7H2. The van der Waals surface area contributed by atoms with E-state index in [0.29, 0.717) is 6.04 Å². The second kappa shape index (κ2) is 2.87. The maximum atomic E-state index is 11.2. The molecule has 4 rings (SSSR count). The summed E-state index contributed by atoms with van der Waals surface area (Å²) in [7, 11) is 0. The summed E-state index contributed by atoms with van der Waals surface area (Å²) >= 11 is 0. The van der Waals surface area contributed by atoms with Crippen LogP contribution in [-0.2, 0) is 6.54 Å². The van der Waals surface area contributed by atoms with Crippen LogP contribution in [0.3, 0.4) is 0 Å². The molecular formula is C12H11N3O2. The van der Waals surface area contributed by atoms with Gasteiger partial charge in [0.15, 0.2) is 0 Å². The van der Waals surface area contributed by atoms with Gasteiger partial charge < -0.3 is 0 Å². The quantitative estimate of drug-likeness (QED) is 0.640. The Kier molecular flexibility index (Phi) is 1.55. The molecule has 1 saturated heterocycles. The number of hydrogen-bond donors (Lipinski definition) is 0. The van der Waals surface area contributed by atoms with Crippen LogP contribution >= 0.6 is 0 Å². The topological polar surface area (TPSA) is 45.6 Å². The van der Waals surface area contributed by atoms with Gasteiger partial charge in [-0.15, -0.1) is 0 Å². The smallest absolute Gasteiger partial charge is 0.261 e. The Labute approximate surface area is 97.1 Å². The first-order chi connectivity index (χ1) is 8.27. The number of hydrazine groups is 1. The zero-order valence-electron chi connectivity index (χ0n) is 9.17. The van der Waals surface area contributed by atoms with E-state index in [9.17, 15) is 9.59 Å². The van der Waals surface area contributed by atoms with Gasteiger partial charge in [0.2, 0.25) is 0 Å². The molecule has 1 aromatic carbocycles. The molecule has 0 aliphatic carbocycles. The van der Waals surface area contributed by atoms with Gasteiger partial charge in [-0.3, -0.25) is 9.59 Å². The van der Waals surface area contributed by atoms with Gasteiger partial charge >= 0.3 is 11.1 Å². The van der Waals surface area contributed by atoms with Crippen LogP contribution < -0.4 is 16.2 Å². The molecule has 86 valence electrons. The summed E-state index contributed by atoms with van der Waals surface area (Å²) in [5.41, 5.74) is 1.85. The Morgan fingerprint density at radius 1 is 1.12 bits per heavy atom. The first-order valence-electron chi connectivity index (χ1n) is 5.77. The van der Waals surface area contributed by atoms with E-state index in [1.54, 1.807) is 5.12 Å². The summed E-state index contributed by atoms with van der Waals surface area (Å²) in [4.78, 5) is 22.3. The Hall–Kier alpha value is -1.88. The zero-order chi connectivity index (χ0) is 11.6. The van der Waals surface area contributed by atoms with Crippen LogP contribution in [0.2, 0.25) is 0 Å². The van der Waals surface area contributed by atoms with Crippen LogP contribution in [0.25, 0.3) is 0 Å². The van der Waals surface area contributed by atoms with Crippen molar-refractivity contribution in [2.45, 2.75) is 19.0 Å². The lowest BCUT2D eigenvalue weighted by Gasteiger charge is -2.25. The highest BCUT2D eigenvalue weighted by atomic mass is 16.2.